The number of ether oxygens (including phenoxy) is 2. The van der Waals surface area contributed by atoms with Gasteiger partial charge in [0.15, 0.2) is 17.5 Å². The largest absolute Gasteiger partial charge is 0.490 e. The van der Waals surface area contributed by atoms with Crippen LogP contribution in [0, 0.1) is 33.1 Å². The SMILES string of the molecule is C#CCCCOc1cc(C[N+]2(CCCC)CCCCC2C(=O)Nc2c(C)cccc2C)cc(C)c1OC(C)=O. The van der Waals surface area contributed by atoms with E-state index in [1.165, 1.54) is 6.92 Å². The summed E-state index contributed by atoms with van der Waals surface area (Å²) >= 11 is 0. The van der Waals surface area contributed by atoms with Gasteiger partial charge in [-0.15, -0.1) is 12.3 Å². The van der Waals surface area contributed by atoms with Gasteiger partial charge in [-0.25, -0.2) is 0 Å². The molecule has 210 valence electrons. The maximum absolute atomic E-state index is 13.9. The van der Waals surface area contributed by atoms with Gasteiger partial charge in [-0.05, 0) is 75.3 Å². The third-order valence-corrected chi connectivity index (χ3v) is 7.75. The van der Waals surface area contributed by atoms with E-state index in [2.05, 4.69) is 24.2 Å². The molecule has 2 aromatic carbocycles. The zero-order valence-electron chi connectivity index (χ0n) is 24.4. The number of para-hydroxylation sites is 1. The predicted octanol–water partition coefficient (Wildman–Crippen LogP) is 6.64. The van der Waals surface area contributed by atoms with Crippen LogP contribution in [-0.4, -0.2) is 42.1 Å². The van der Waals surface area contributed by atoms with E-state index in [-0.39, 0.29) is 17.9 Å². The van der Waals surface area contributed by atoms with Gasteiger partial charge in [0.25, 0.3) is 5.91 Å². The van der Waals surface area contributed by atoms with Crippen molar-refractivity contribution in [1.82, 2.24) is 0 Å². The first kappa shape index (κ1) is 30.2. The lowest BCUT2D eigenvalue weighted by atomic mass is 9.94. The lowest BCUT2D eigenvalue weighted by Crippen LogP contribution is -2.62. The molecule has 2 aromatic rings. The van der Waals surface area contributed by atoms with Crippen molar-refractivity contribution in [3.63, 3.8) is 0 Å². The Morgan fingerprint density at radius 3 is 2.51 bits per heavy atom. The van der Waals surface area contributed by atoms with Crippen LogP contribution in [0.5, 0.6) is 11.5 Å². The molecule has 0 bridgehead atoms. The number of benzene rings is 2. The number of likely N-dealkylation sites (tertiary alicyclic amines) is 1. The van der Waals surface area contributed by atoms with Crippen molar-refractivity contribution in [3.05, 3.63) is 52.6 Å². The molecule has 0 saturated carbocycles. The highest BCUT2D eigenvalue weighted by molar-refractivity contribution is 5.95. The standard InChI is InChI=1S/C33H44N2O4/c1-7-9-13-20-38-30-22-28(21-26(5)32(30)39-27(6)36)23-35(18-10-8-2)19-12-11-17-29(35)33(37)34-31-24(3)15-14-16-25(31)4/h1,14-16,21-22,29H,8-13,17-20,23H2,2-6H3/p+1. The van der Waals surface area contributed by atoms with Gasteiger partial charge in [0.2, 0.25) is 0 Å². The number of nitrogens with zero attached hydrogens (tertiary/aromatic N) is 1. The molecule has 1 aliphatic heterocycles. The van der Waals surface area contributed by atoms with Gasteiger partial charge in [0, 0.05) is 31.0 Å². The first-order valence-corrected chi connectivity index (χ1v) is 14.3. The number of terminal acetylenes is 1. The van der Waals surface area contributed by atoms with Crippen LogP contribution in [0.15, 0.2) is 30.3 Å². The smallest absolute Gasteiger partial charge is 0.308 e. The molecule has 2 unspecified atom stereocenters. The molecule has 1 amide bonds. The first-order valence-electron chi connectivity index (χ1n) is 14.3. The molecule has 1 heterocycles. The highest BCUT2D eigenvalue weighted by Crippen LogP contribution is 2.37. The number of amides is 1. The number of nitrogens with one attached hydrogen (secondary N) is 1. The predicted molar refractivity (Wildman–Crippen MR) is 157 cm³/mol. The maximum Gasteiger partial charge on any atom is 0.308 e. The van der Waals surface area contributed by atoms with Gasteiger partial charge >= 0.3 is 5.97 Å². The molecule has 1 aliphatic rings. The van der Waals surface area contributed by atoms with E-state index in [0.717, 1.165) is 79.6 Å². The third-order valence-electron chi connectivity index (χ3n) is 7.75. The molecule has 0 aliphatic carbocycles. The fraction of sp³-hybridized carbons (Fsp3) is 0.515. The Morgan fingerprint density at radius 2 is 1.85 bits per heavy atom. The topological polar surface area (TPSA) is 64.6 Å². The van der Waals surface area contributed by atoms with Gasteiger partial charge < -0.3 is 19.3 Å². The summed E-state index contributed by atoms with van der Waals surface area (Å²) in [6.45, 7) is 12.7. The summed E-state index contributed by atoms with van der Waals surface area (Å²) in [5.41, 5.74) is 5.00. The zero-order chi connectivity index (χ0) is 28.4. The average molecular weight is 534 g/mol. The van der Waals surface area contributed by atoms with E-state index in [4.69, 9.17) is 15.9 Å². The molecule has 3 rings (SSSR count). The van der Waals surface area contributed by atoms with Crippen LogP contribution in [-0.2, 0) is 16.1 Å². The van der Waals surface area contributed by atoms with Gasteiger partial charge in [-0.3, -0.25) is 9.59 Å². The Balaban J connectivity index is 1.97. The molecule has 39 heavy (non-hydrogen) atoms. The number of carbonyl (C=O) groups is 2. The number of anilines is 1. The number of unbranched alkanes of at least 4 members (excludes halogenated alkanes) is 2. The Labute approximate surface area is 234 Å². The molecule has 0 spiro atoms. The van der Waals surface area contributed by atoms with E-state index in [1.54, 1.807) is 0 Å². The van der Waals surface area contributed by atoms with Crippen LogP contribution in [0.25, 0.3) is 0 Å². The molecule has 0 aromatic heterocycles. The van der Waals surface area contributed by atoms with Crippen molar-refractivity contribution in [2.24, 2.45) is 0 Å². The lowest BCUT2D eigenvalue weighted by Gasteiger charge is -2.47. The number of hydrogen-bond donors (Lipinski definition) is 1. The summed E-state index contributed by atoms with van der Waals surface area (Å²) in [5.74, 6) is 3.36. The number of carbonyl (C=O) groups excluding carboxylic acids is 2. The normalized spacial score (nSPS) is 18.7. The van der Waals surface area contributed by atoms with Crippen LogP contribution in [0.3, 0.4) is 0 Å². The fourth-order valence-electron chi connectivity index (χ4n) is 5.81. The second-order valence-electron chi connectivity index (χ2n) is 10.9. The summed E-state index contributed by atoms with van der Waals surface area (Å²) in [4.78, 5) is 25.8. The Hall–Kier alpha value is -3.30. The fourth-order valence-corrected chi connectivity index (χ4v) is 5.81. The lowest BCUT2D eigenvalue weighted by molar-refractivity contribution is -0.959. The van der Waals surface area contributed by atoms with Crippen molar-refractivity contribution in [1.29, 1.82) is 0 Å². The molecule has 6 nitrogen and oxygen atoms in total. The molecule has 1 N–H and O–H groups in total. The van der Waals surface area contributed by atoms with Crippen molar-refractivity contribution in [2.75, 3.05) is 25.0 Å². The summed E-state index contributed by atoms with van der Waals surface area (Å²) < 4.78 is 12.3. The molecule has 2 atom stereocenters. The summed E-state index contributed by atoms with van der Waals surface area (Å²) in [5, 5.41) is 3.31. The molecule has 0 radical (unpaired) electrons. The van der Waals surface area contributed by atoms with Gasteiger partial charge in [0.1, 0.15) is 6.54 Å². The molecular weight excluding hydrogens is 488 g/mol. The minimum absolute atomic E-state index is 0.0993. The second kappa shape index (κ2) is 14.2. The van der Waals surface area contributed by atoms with E-state index < -0.39 is 0 Å². The zero-order valence-corrected chi connectivity index (χ0v) is 24.4. The van der Waals surface area contributed by atoms with Gasteiger partial charge in [0.05, 0.1) is 19.7 Å². The van der Waals surface area contributed by atoms with Gasteiger partial charge in [-0.1, -0.05) is 31.5 Å². The highest BCUT2D eigenvalue weighted by Gasteiger charge is 2.44. The van der Waals surface area contributed by atoms with Crippen LogP contribution >= 0.6 is 0 Å². The van der Waals surface area contributed by atoms with Crippen molar-refractivity contribution >= 4 is 17.6 Å². The van der Waals surface area contributed by atoms with Crippen molar-refractivity contribution < 1.29 is 23.5 Å². The summed E-state index contributed by atoms with van der Waals surface area (Å²) in [7, 11) is 0. The minimum Gasteiger partial charge on any atom is -0.490 e. The minimum atomic E-state index is -0.384. The van der Waals surface area contributed by atoms with Crippen LogP contribution in [0.2, 0.25) is 0 Å². The first-order chi connectivity index (χ1) is 18.7. The van der Waals surface area contributed by atoms with Crippen LogP contribution in [0.1, 0.15) is 81.0 Å². The number of quaternary nitrogens is 1. The number of hydrogen-bond acceptors (Lipinski definition) is 4. The summed E-state index contributed by atoms with van der Waals surface area (Å²) in [6.07, 6.45) is 11.9. The Bertz CT molecular complexity index is 1180. The Kier molecular flexibility index (Phi) is 11.0. The van der Waals surface area contributed by atoms with Crippen molar-refractivity contribution in [3.8, 4) is 23.8 Å². The second-order valence-corrected chi connectivity index (χ2v) is 10.9. The van der Waals surface area contributed by atoms with Crippen LogP contribution in [0.4, 0.5) is 5.69 Å². The van der Waals surface area contributed by atoms with E-state index in [1.807, 2.05) is 45.0 Å². The molecule has 6 heteroatoms. The molecule has 1 saturated heterocycles. The highest BCUT2D eigenvalue weighted by atomic mass is 16.6. The third kappa shape index (κ3) is 7.86. The number of aryl methyl sites for hydroxylation is 3. The maximum atomic E-state index is 13.9. The monoisotopic (exact) mass is 533 g/mol. The number of esters is 1. The van der Waals surface area contributed by atoms with E-state index in [9.17, 15) is 9.59 Å². The molecular formula is C33H45N2O4+. The van der Waals surface area contributed by atoms with E-state index >= 15 is 0 Å². The average Bonchev–Trinajstić information content (AvgIpc) is 2.89. The Morgan fingerprint density at radius 1 is 1.10 bits per heavy atom. The number of piperidine rings is 1. The molecule has 1 fully saturated rings. The van der Waals surface area contributed by atoms with Crippen LogP contribution < -0.4 is 14.8 Å². The van der Waals surface area contributed by atoms with Gasteiger partial charge in [-0.2, -0.15) is 0 Å². The quantitative estimate of drug-likeness (QED) is 0.109. The van der Waals surface area contributed by atoms with Crippen molar-refractivity contribution in [2.45, 2.75) is 92.2 Å². The van der Waals surface area contributed by atoms with E-state index in [0.29, 0.717) is 35.6 Å². The summed E-state index contributed by atoms with van der Waals surface area (Å²) in [6, 6.07) is 10.0. The number of rotatable bonds is 12.